The van der Waals surface area contributed by atoms with Gasteiger partial charge in [-0.3, -0.25) is 19.0 Å². The topological polar surface area (TPSA) is 93.1 Å². The Morgan fingerprint density at radius 2 is 2.12 bits per heavy atom. The number of carbonyl (C=O) groups is 2. The molecule has 1 aromatic carbocycles. The smallest absolute Gasteiger partial charge is 0.267 e. The number of thioether (sulfide) groups is 1. The molecule has 3 rings (SSSR count). The van der Waals surface area contributed by atoms with Crippen LogP contribution in [0.1, 0.15) is 10.4 Å². The number of rotatable bonds is 4. The average molecular weight is 399 g/mol. The van der Waals surface area contributed by atoms with Crippen molar-refractivity contribution in [3.05, 3.63) is 50.4 Å². The van der Waals surface area contributed by atoms with Gasteiger partial charge in [-0.15, -0.1) is 0 Å². The molecule has 0 aliphatic carbocycles. The van der Waals surface area contributed by atoms with Crippen LogP contribution >= 0.6 is 35.0 Å². The van der Waals surface area contributed by atoms with Gasteiger partial charge in [0.25, 0.3) is 11.5 Å². The van der Waals surface area contributed by atoms with Gasteiger partial charge in [0.2, 0.25) is 5.91 Å². The van der Waals surface area contributed by atoms with Gasteiger partial charge >= 0.3 is 0 Å². The van der Waals surface area contributed by atoms with E-state index in [1.165, 1.54) is 28.6 Å². The highest BCUT2D eigenvalue weighted by Gasteiger charge is 2.20. The minimum Gasteiger partial charge on any atom is -0.343 e. The van der Waals surface area contributed by atoms with Crippen LogP contribution in [-0.2, 0) is 11.3 Å². The number of hydrogen-bond acceptors (Lipinski definition) is 5. The summed E-state index contributed by atoms with van der Waals surface area (Å²) in [5.74, 6) is -0.407. The van der Waals surface area contributed by atoms with E-state index in [9.17, 15) is 14.4 Å². The zero-order valence-corrected chi connectivity index (χ0v) is 15.0. The number of amides is 2. The molecule has 0 unspecified atom stereocenters. The minimum atomic E-state index is -0.656. The van der Waals surface area contributed by atoms with Crippen molar-refractivity contribution in [2.75, 3.05) is 17.6 Å². The molecule has 0 bridgehead atoms. The van der Waals surface area contributed by atoms with Crippen molar-refractivity contribution in [3.8, 4) is 0 Å². The standard InChI is InChI=1S/C15H12Cl2N4O3S/c16-8-1-2-10(17)11(5-8)20-12(22)7-18-13(23)9-6-19-15-21(14(9)24)3-4-25-15/h1-2,5-6H,3-4,7H2,(H,18,23)(H,20,22). The van der Waals surface area contributed by atoms with E-state index in [1.54, 1.807) is 12.1 Å². The molecule has 25 heavy (non-hydrogen) atoms. The average Bonchev–Trinajstić information content (AvgIpc) is 3.06. The molecule has 1 aliphatic heterocycles. The molecule has 1 aliphatic rings. The molecule has 2 aromatic rings. The van der Waals surface area contributed by atoms with Crippen LogP contribution < -0.4 is 16.2 Å². The first-order valence-corrected chi connectivity index (χ1v) is 8.95. The molecule has 2 heterocycles. The Kier molecular flexibility index (Phi) is 5.31. The van der Waals surface area contributed by atoms with Crippen LogP contribution in [0.5, 0.6) is 0 Å². The van der Waals surface area contributed by atoms with E-state index in [0.29, 0.717) is 27.4 Å². The summed E-state index contributed by atoms with van der Waals surface area (Å²) in [5, 5.41) is 6.27. The second-order valence-electron chi connectivity index (χ2n) is 5.11. The summed E-state index contributed by atoms with van der Waals surface area (Å²) in [6.45, 7) is 0.193. The molecule has 10 heteroatoms. The lowest BCUT2D eigenvalue weighted by Crippen LogP contribution is -2.37. The van der Waals surface area contributed by atoms with Crippen molar-refractivity contribution in [1.82, 2.24) is 14.9 Å². The van der Waals surface area contributed by atoms with Gasteiger partial charge in [0.1, 0.15) is 5.56 Å². The van der Waals surface area contributed by atoms with Crippen molar-refractivity contribution in [2.45, 2.75) is 11.7 Å². The third kappa shape index (κ3) is 3.97. The first-order valence-electron chi connectivity index (χ1n) is 7.21. The summed E-state index contributed by atoms with van der Waals surface area (Å²) < 4.78 is 1.45. The first kappa shape index (κ1) is 17.8. The predicted octanol–water partition coefficient (Wildman–Crippen LogP) is 2.02. The van der Waals surface area contributed by atoms with Crippen LogP contribution in [0.2, 0.25) is 10.0 Å². The second kappa shape index (κ2) is 7.47. The molecule has 0 radical (unpaired) electrons. The highest BCUT2D eigenvalue weighted by atomic mass is 35.5. The Balaban J connectivity index is 1.64. The zero-order chi connectivity index (χ0) is 18.0. The largest absolute Gasteiger partial charge is 0.343 e. The van der Waals surface area contributed by atoms with Crippen molar-refractivity contribution in [3.63, 3.8) is 0 Å². The van der Waals surface area contributed by atoms with Crippen LogP contribution in [0.3, 0.4) is 0 Å². The number of nitrogens with zero attached hydrogens (tertiary/aromatic N) is 2. The fourth-order valence-electron chi connectivity index (χ4n) is 2.22. The monoisotopic (exact) mass is 398 g/mol. The number of halogens is 2. The SMILES string of the molecule is O=C(CNC(=O)c1cnc2n(c1=O)CCS2)Nc1cc(Cl)ccc1Cl. The van der Waals surface area contributed by atoms with E-state index >= 15 is 0 Å². The van der Waals surface area contributed by atoms with Crippen molar-refractivity contribution >= 4 is 52.5 Å². The number of aromatic nitrogens is 2. The molecule has 1 aromatic heterocycles. The number of carbonyl (C=O) groups excluding carboxylic acids is 2. The van der Waals surface area contributed by atoms with Crippen LogP contribution in [-0.4, -0.2) is 33.7 Å². The zero-order valence-electron chi connectivity index (χ0n) is 12.7. The fraction of sp³-hybridized carbons (Fsp3) is 0.200. The molecule has 7 nitrogen and oxygen atoms in total. The highest BCUT2D eigenvalue weighted by molar-refractivity contribution is 7.99. The van der Waals surface area contributed by atoms with E-state index < -0.39 is 17.4 Å². The molecule has 130 valence electrons. The maximum absolute atomic E-state index is 12.2. The van der Waals surface area contributed by atoms with Crippen molar-refractivity contribution < 1.29 is 9.59 Å². The third-order valence-corrected chi connectivity index (χ3v) is 4.95. The van der Waals surface area contributed by atoms with Crippen LogP contribution in [0, 0.1) is 0 Å². The van der Waals surface area contributed by atoms with Gasteiger partial charge in [-0.1, -0.05) is 35.0 Å². The summed E-state index contributed by atoms with van der Waals surface area (Å²) in [4.78, 5) is 40.4. The highest BCUT2D eigenvalue weighted by Crippen LogP contribution is 2.25. The molecule has 0 fully saturated rings. The Labute approximate surface area is 156 Å². The van der Waals surface area contributed by atoms with Crippen molar-refractivity contribution in [1.29, 1.82) is 0 Å². The van der Waals surface area contributed by atoms with Crippen LogP contribution in [0.4, 0.5) is 5.69 Å². The molecule has 2 amide bonds. The Morgan fingerprint density at radius 3 is 2.92 bits per heavy atom. The van der Waals surface area contributed by atoms with Crippen LogP contribution in [0.15, 0.2) is 34.3 Å². The maximum atomic E-state index is 12.2. The predicted molar refractivity (Wildman–Crippen MR) is 96.6 cm³/mol. The van der Waals surface area contributed by atoms with E-state index in [0.717, 1.165) is 5.75 Å². The lowest BCUT2D eigenvalue weighted by Gasteiger charge is -2.09. The molecule has 0 spiro atoms. The number of nitrogens with one attached hydrogen (secondary N) is 2. The summed E-state index contributed by atoms with van der Waals surface area (Å²) >= 11 is 13.3. The van der Waals surface area contributed by atoms with E-state index in [-0.39, 0.29) is 12.1 Å². The van der Waals surface area contributed by atoms with Gasteiger partial charge in [-0.05, 0) is 18.2 Å². The lowest BCUT2D eigenvalue weighted by molar-refractivity contribution is -0.115. The van der Waals surface area contributed by atoms with Crippen LogP contribution in [0.25, 0.3) is 0 Å². The molecule has 0 saturated heterocycles. The Morgan fingerprint density at radius 1 is 1.32 bits per heavy atom. The number of anilines is 1. The summed E-state index contributed by atoms with van der Waals surface area (Å²) in [5.41, 5.74) is -0.171. The maximum Gasteiger partial charge on any atom is 0.267 e. The molecule has 0 atom stereocenters. The van der Waals surface area contributed by atoms with E-state index in [2.05, 4.69) is 15.6 Å². The fourth-order valence-corrected chi connectivity index (χ4v) is 3.47. The van der Waals surface area contributed by atoms with Gasteiger partial charge < -0.3 is 10.6 Å². The van der Waals surface area contributed by atoms with E-state index in [4.69, 9.17) is 23.2 Å². The molecule has 2 N–H and O–H groups in total. The van der Waals surface area contributed by atoms with Crippen molar-refractivity contribution in [2.24, 2.45) is 0 Å². The van der Waals surface area contributed by atoms with Gasteiger partial charge in [0.05, 0.1) is 17.3 Å². The van der Waals surface area contributed by atoms with Gasteiger partial charge in [0.15, 0.2) is 5.16 Å². The van der Waals surface area contributed by atoms with Gasteiger partial charge in [0, 0.05) is 23.5 Å². The normalized spacial score (nSPS) is 12.6. The lowest BCUT2D eigenvalue weighted by atomic mass is 10.3. The Hall–Kier alpha value is -2.03. The van der Waals surface area contributed by atoms with Gasteiger partial charge in [-0.2, -0.15) is 0 Å². The third-order valence-electron chi connectivity index (χ3n) is 3.41. The number of benzene rings is 1. The summed E-state index contributed by atoms with van der Waals surface area (Å²) in [6, 6.07) is 4.64. The van der Waals surface area contributed by atoms with Gasteiger partial charge in [-0.25, -0.2) is 4.98 Å². The molecule has 0 saturated carbocycles. The van der Waals surface area contributed by atoms with E-state index in [1.807, 2.05) is 0 Å². The second-order valence-corrected chi connectivity index (χ2v) is 7.02. The Bertz CT molecular complexity index is 916. The number of hydrogen-bond donors (Lipinski definition) is 2. The number of fused-ring (bicyclic) bond motifs is 1. The summed E-state index contributed by atoms with van der Waals surface area (Å²) in [6.07, 6.45) is 1.23. The quantitative estimate of drug-likeness (QED) is 0.768. The molecular formula is C15H12Cl2N4O3S. The minimum absolute atomic E-state index is 0.0974. The summed E-state index contributed by atoms with van der Waals surface area (Å²) in [7, 11) is 0. The molecular weight excluding hydrogens is 387 g/mol. The first-order chi connectivity index (χ1) is 12.0.